The highest BCUT2D eigenvalue weighted by molar-refractivity contribution is 7.90. The Balaban J connectivity index is 1.76. The third kappa shape index (κ3) is 3.69. The normalized spacial score (nSPS) is 14.6. The minimum atomic E-state index is -3.91. The second-order valence-electron chi connectivity index (χ2n) is 6.62. The molecule has 1 aliphatic heterocycles. The molecule has 0 fully saturated rings. The lowest BCUT2D eigenvalue weighted by molar-refractivity contribution is 0.102. The van der Waals surface area contributed by atoms with Crippen LogP contribution in [-0.4, -0.2) is 20.2 Å². The molecule has 1 heterocycles. The van der Waals surface area contributed by atoms with Gasteiger partial charge in [0.25, 0.3) is 15.9 Å². The van der Waals surface area contributed by atoms with Gasteiger partial charge in [0.2, 0.25) is 0 Å². The van der Waals surface area contributed by atoms with Crippen LogP contribution in [0, 0.1) is 0 Å². The Kier molecular flexibility index (Phi) is 5.32. The molecule has 0 aliphatic carbocycles. The van der Waals surface area contributed by atoms with Crippen molar-refractivity contribution in [3.63, 3.8) is 0 Å². The van der Waals surface area contributed by atoms with E-state index in [1.54, 1.807) is 36.4 Å². The van der Waals surface area contributed by atoms with E-state index in [0.29, 0.717) is 34.2 Å². The molecule has 8 heteroatoms. The number of fused-ring (bicyclic) bond motifs is 1. The number of carbonyl (C=O) groups excluding carboxylic acids is 1. The fourth-order valence-electron chi connectivity index (χ4n) is 3.28. The van der Waals surface area contributed by atoms with Crippen LogP contribution in [0.4, 0.5) is 17.1 Å². The minimum Gasteiger partial charge on any atom is -0.322 e. The van der Waals surface area contributed by atoms with Gasteiger partial charge in [-0.05, 0) is 42.5 Å². The van der Waals surface area contributed by atoms with E-state index in [0.717, 1.165) is 5.69 Å². The van der Waals surface area contributed by atoms with Crippen LogP contribution in [0.3, 0.4) is 0 Å². The van der Waals surface area contributed by atoms with E-state index in [2.05, 4.69) is 9.71 Å². The van der Waals surface area contributed by atoms with Crippen molar-refractivity contribution in [2.24, 2.45) is 4.40 Å². The number of amides is 1. The summed E-state index contributed by atoms with van der Waals surface area (Å²) < 4.78 is 29.7. The molecule has 1 amide bonds. The molecule has 0 saturated heterocycles. The van der Waals surface area contributed by atoms with Gasteiger partial charge in [0.1, 0.15) is 10.7 Å². The maximum absolute atomic E-state index is 12.8. The fraction of sp³-hybridized carbons (Fsp3) is 0.0909. The van der Waals surface area contributed by atoms with Gasteiger partial charge in [-0.25, -0.2) is 0 Å². The number of rotatable bonds is 4. The molecule has 0 atom stereocenters. The third-order valence-electron chi connectivity index (χ3n) is 4.67. The summed E-state index contributed by atoms with van der Waals surface area (Å²) in [4.78, 5) is 14.4. The van der Waals surface area contributed by atoms with Crippen LogP contribution >= 0.6 is 11.6 Å². The Hall–Kier alpha value is -3.16. The van der Waals surface area contributed by atoms with Crippen LogP contribution in [0.1, 0.15) is 23.7 Å². The Morgan fingerprint density at radius 1 is 1.03 bits per heavy atom. The summed E-state index contributed by atoms with van der Waals surface area (Å²) in [6.45, 7) is 1.85. The quantitative estimate of drug-likeness (QED) is 0.602. The Morgan fingerprint density at radius 2 is 1.73 bits per heavy atom. The number of hydrogen-bond donors (Lipinski definition) is 1. The van der Waals surface area contributed by atoms with Gasteiger partial charge in [-0.15, -0.1) is 4.40 Å². The van der Waals surface area contributed by atoms with Crippen molar-refractivity contribution in [1.29, 1.82) is 0 Å². The third-order valence-corrected chi connectivity index (χ3v) is 6.33. The summed E-state index contributed by atoms with van der Waals surface area (Å²) in [5, 5.41) is 3.02. The zero-order valence-corrected chi connectivity index (χ0v) is 17.6. The standard InChI is InChI=1S/C22H18ClN3O3S/c1-2-21-25-30(28,29)20-14-15(24-22(27)17-10-6-7-11-18(17)23)12-13-19(20)26(21)16-8-4-3-5-9-16/h3-14H,2H2,1H3,(H,24,27). The number of nitrogens with zero attached hydrogens (tertiary/aromatic N) is 2. The van der Waals surface area contributed by atoms with Crippen LogP contribution in [0.15, 0.2) is 82.1 Å². The molecule has 0 unspecified atom stereocenters. The highest BCUT2D eigenvalue weighted by Crippen LogP contribution is 2.38. The molecule has 30 heavy (non-hydrogen) atoms. The Morgan fingerprint density at radius 3 is 2.43 bits per heavy atom. The van der Waals surface area contributed by atoms with Crippen molar-refractivity contribution in [1.82, 2.24) is 0 Å². The first-order chi connectivity index (χ1) is 14.4. The summed E-state index contributed by atoms with van der Waals surface area (Å²) in [6, 6.07) is 20.8. The lowest BCUT2D eigenvalue weighted by atomic mass is 10.2. The first-order valence-corrected chi connectivity index (χ1v) is 11.1. The van der Waals surface area contributed by atoms with Crippen LogP contribution in [-0.2, 0) is 10.0 Å². The number of sulfonamides is 1. The molecule has 3 aromatic carbocycles. The summed E-state index contributed by atoms with van der Waals surface area (Å²) in [7, 11) is -3.91. The molecule has 0 radical (unpaired) electrons. The predicted molar refractivity (Wildman–Crippen MR) is 119 cm³/mol. The van der Waals surface area contributed by atoms with Crippen LogP contribution < -0.4 is 10.2 Å². The zero-order valence-electron chi connectivity index (χ0n) is 16.0. The van der Waals surface area contributed by atoms with Crippen LogP contribution in [0.2, 0.25) is 5.02 Å². The Labute approximate surface area is 179 Å². The van der Waals surface area contributed by atoms with Gasteiger partial charge in [-0.1, -0.05) is 48.9 Å². The van der Waals surface area contributed by atoms with E-state index in [1.807, 2.05) is 42.2 Å². The number of carbonyl (C=O) groups is 1. The summed E-state index contributed by atoms with van der Waals surface area (Å²) in [5.74, 6) is 0.00738. The van der Waals surface area contributed by atoms with Gasteiger partial charge in [-0.2, -0.15) is 8.42 Å². The lowest BCUT2D eigenvalue weighted by Crippen LogP contribution is -2.31. The van der Waals surface area contributed by atoms with Gasteiger partial charge >= 0.3 is 0 Å². The van der Waals surface area contributed by atoms with Crippen molar-refractivity contribution in [3.05, 3.63) is 83.4 Å². The molecule has 0 spiro atoms. The number of benzene rings is 3. The molecule has 3 aromatic rings. The second-order valence-corrected chi connectivity index (χ2v) is 8.60. The number of hydrogen-bond acceptors (Lipinski definition) is 4. The first-order valence-electron chi connectivity index (χ1n) is 9.29. The van der Waals surface area contributed by atoms with Crippen molar-refractivity contribution in [2.45, 2.75) is 18.2 Å². The molecule has 4 rings (SSSR count). The Bertz CT molecular complexity index is 1260. The molecule has 0 bridgehead atoms. The van der Waals surface area contributed by atoms with E-state index in [-0.39, 0.29) is 4.90 Å². The van der Waals surface area contributed by atoms with Crippen molar-refractivity contribution >= 4 is 50.4 Å². The van der Waals surface area contributed by atoms with E-state index in [4.69, 9.17) is 11.6 Å². The second kappa shape index (κ2) is 7.93. The molecule has 6 nitrogen and oxygen atoms in total. The lowest BCUT2D eigenvalue weighted by Gasteiger charge is -2.30. The van der Waals surface area contributed by atoms with Crippen molar-refractivity contribution < 1.29 is 13.2 Å². The van der Waals surface area contributed by atoms with E-state index >= 15 is 0 Å². The molecule has 152 valence electrons. The summed E-state index contributed by atoms with van der Waals surface area (Å²) >= 11 is 6.08. The minimum absolute atomic E-state index is 0.0283. The smallest absolute Gasteiger partial charge is 0.286 e. The molecular formula is C22H18ClN3O3S. The van der Waals surface area contributed by atoms with E-state index < -0.39 is 15.9 Å². The van der Waals surface area contributed by atoms with Gasteiger partial charge in [0.15, 0.2) is 0 Å². The zero-order chi connectivity index (χ0) is 21.3. The topological polar surface area (TPSA) is 78.8 Å². The molecule has 0 aromatic heterocycles. The van der Waals surface area contributed by atoms with Gasteiger partial charge < -0.3 is 5.32 Å². The van der Waals surface area contributed by atoms with Crippen LogP contribution in [0.5, 0.6) is 0 Å². The fourth-order valence-corrected chi connectivity index (χ4v) is 4.79. The van der Waals surface area contributed by atoms with Crippen molar-refractivity contribution in [2.75, 3.05) is 10.2 Å². The van der Waals surface area contributed by atoms with Crippen LogP contribution in [0.25, 0.3) is 0 Å². The summed E-state index contributed by atoms with van der Waals surface area (Å²) in [6.07, 6.45) is 0.443. The highest BCUT2D eigenvalue weighted by atomic mass is 35.5. The van der Waals surface area contributed by atoms with E-state index in [9.17, 15) is 13.2 Å². The van der Waals surface area contributed by atoms with Gasteiger partial charge in [-0.3, -0.25) is 9.69 Å². The SMILES string of the molecule is CCC1=NS(=O)(=O)c2cc(NC(=O)c3ccccc3Cl)ccc2N1c1ccccc1. The van der Waals surface area contributed by atoms with Crippen molar-refractivity contribution in [3.8, 4) is 0 Å². The highest BCUT2D eigenvalue weighted by Gasteiger charge is 2.31. The maximum atomic E-state index is 12.8. The molecule has 1 N–H and O–H groups in total. The largest absolute Gasteiger partial charge is 0.322 e. The monoisotopic (exact) mass is 439 g/mol. The number of anilines is 3. The van der Waals surface area contributed by atoms with Gasteiger partial charge in [0.05, 0.1) is 16.3 Å². The number of para-hydroxylation sites is 1. The molecular weight excluding hydrogens is 422 g/mol. The number of nitrogens with one attached hydrogen (secondary N) is 1. The first kappa shape index (κ1) is 20.1. The number of amidine groups is 1. The molecule has 1 aliphatic rings. The predicted octanol–water partition coefficient (Wildman–Crippen LogP) is 5.24. The van der Waals surface area contributed by atoms with Gasteiger partial charge in [0, 0.05) is 17.8 Å². The average molecular weight is 440 g/mol. The number of halogens is 1. The summed E-state index contributed by atoms with van der Waals surface area (Å²) in [5.41, 5.74) is 1.94. The van der Waals surface area contributed by atoms with E-state index in [1.165, 1.54) is 6.07 Å². The maximum Gasteiger partial charge on any atom is 0.286 e. The molecule has 0 saturated carbocycles. The average Bonchev–Trinajstić information content (AvgIpc) is 2.74.